The number of anilines is 1. The number of ether oxygens (including phenoxy) is 3. The van der Waals surface area contributed by atoms with Gasteiger partial charge in [-0.3, -0.25) is 4.79 Å². The van der Waals surface area contributed by atoms with Gasteiger partial charge in [0.05, 0.1) is 26.9 Å². The molecule has 0 saturated carbocycles. The van der Waals surface area contributed by atoms with Crippen LogP contribution in [0.4, 0.5) is 5.69 Å². The van der Waals surface area contributed by atoms with Crippen LogP contribution in [-0.4, -0.2) is 46.9 Å². The van der Waals surface area contributed by atoms with E-state index in [1.54, 1.807) is 19.2 Å². The molecule has 2 rings (SSSR count). The number of aryl methyl sites for hydroxylation is 1. The summed E-state index contributed by atoms with van der Waals surface area (Å²) in [6.07, 6.45) is 0. The molecule has 0 bridgehead atoms. The van der Waals surface area contributed by atoms with Crippen molar-refractivity contribution in [2.24, 2.45) is 0 Å². The summed E-state index contributed by atoms with van der Waals surface area (Å²) < 4.78 is 15.9. The van der Waals surface area contributed by atoms with Crippen molar-refractivity contribution in [3.63, 3.8) is 0 Å². The predicted octanol–water partition coefficient (Wildman–Crippen LogP) is 3.28. The van der Waals surface area contributed by atoms with Crippen molar-refractivity contribution in [2.45, 2.75) is 13.8 Å². The Morgan fingerprint density at radius 2 is 1.63 bits per heavy atom. The number of methoxy groups -OCH3 is 3. The molecule has 0 spiro atoms. The molecule has 6 heteroatoms. The molecule has 0 fully saturated rings. The van der Waals surface area contributed by atoms with Crippen molar-refractivity contribution < 1.29 is 19.0 Å². The van der Waals surface area contributed by atoms with Crippen LogP contribution in [0, 0.1) is 6.92 Å². The highest BCUT2D eigenvalue weighted by Crippen LogP contribution is 2.34. The summed E-state index contributed by atoms with van der Waals surface area (Å²) in [5, 5.41) is 2.96. The number of nitrogens with one attached hydrogen (secondary N) is 1. The lowest BCUT2D eigenvalue weighted by Gasteiger charge is -2.25. The summed E-state index contributed by atoms with van der Waals surface area (Å²) in [7, 11) is 4.60. The first-order valence-corrected chi connectivity index (χ1v) is 8.94. The smallest absolute Gasteiger partial charge is 0.255 e. The van der Waals surface area contributed by atoms with E-state index in [2.05, 4.69) is 36.2 Å². The normalized spacial score (nSPS) is 10.3. The lowest BCUT2D eigenvalue weighted by atomic mass is 10.1. The number of amides is 1. The van der Waals surface area contributed by atoms with Crippen molar-refractivity contribution in [1.82, 2.24) is 5.32 Å². The second-order valence-corrected chi connectivity index (χ2v) is 6.03. The van der Waals surface area contributed by atoms with Crippen molar-refractivity contribution in [3.8, 4) is 17.2 Å². The fraction of sp³-hybridized carbons (Fsp3) is 0.381. The number of para-hydroxylation sites is 1. The first-order valence-electron chi connectivity index (χ1n) is 8.94. The largest absolute Gasteiger partial charge is 0.496 e. The molecular weight excluding hydrogens is 344 g/mol. The van der Waals surface area contributed by atoms with Crippen LogP contribution in [0.5, 0.6) is 17.2 Å². The van der Waals surface area contributed by atoms with E-state index in [-0.39, 0.29) is 5.91 Å². The number of carbonyl (C=O) groups excluding carboxylic acids is 1. The maximum atomic E-state index is 12.7. The Kier molecular flexibility index (Phi) is 7.34. The molecule has 0 saturated heterocycles. The minimum Gasteiger partial charge on any atom is -0.496 e. The molecule has 2 aromatic rings. The van der Waals surface area contributed by atoms with Gasteiger partial charge in [0.1, 0.15) is 5.75 Å². The van der Waals surface area contributed by atoms with Crippen LogP contribution < -0.4 is 24.4 Å². The van der Waals surface area contributed by atoms with Crippen LogP contribution in [0.25, 0.3) is 0 Å². The Morgan fingerprint density at radius 1 is 1.00 bits per heavy atom. The van der Waals surface area contributed by atoms with Crippen molar-refractivity contribution in [2.75, 3.05) is 45.9 Å². The van der Waals surface area contributed by atoms with Crippen LogP contribution in [0.2, 0.25) is 0 Å². The summed E-state index contributed by atoms with van der Waals surface area (Å²) in [5.74, 6) is 1.23. The van der Waals surface area contributed by atoms with E-state index < -0.39 is 0 Å². The summed E-state index contributed by atoms with van der Waals surface area (Å²) in [6, 6.07) is 11.5. The first kappa shape index (κ1) is 20.4. The number of nitrogens with zero attached hydrogens (tertiary/aromatic N) is 1. The number of carbonyl (C=O) groups is 1. The average Bonchev–Trinajstić information content (AvgIpc) is 2.70. The Balaban J connectivity index is 2.08. The molecule has 0 atom stereocenters. The zero-order valence-corrected chi connectivity index (χ0v) is 16.7. The summed E-state index contributed by atoms with van der Waals surface area (Å²) in [6.45, 7) is 6.28. The SMILES string of the molecule is CCN(CCNC(=O)c1cc(OC)c(OC)cc1OC)c1ccccc1C. The van der Waals surface area contributed by atoms with Gasteiger partial charge in [-0.05, 0) is 25.5 Å². The third kappa shape index (κ3) is 4.84. The molecule has 0 radical (unpaired) electrons. The molecule has 146 valence electrons. The van der Waals surface area contributed by atoms with Gasteiger partial charge >= 0.3 is 0 Å². The quantitative estimate of drug-likeness (QED) is 0.732. The topological polar surface area (TPSA) is 60.0 Å². The molecule has 0 aliphatic rings. The predicted molar refractivity (Wildman–Crippen MR) is 107 cm³/mol. The highest BCUT2D eigenvalue weighted by Gasteiger charge is 2.18. The molecule has 27 heavy (non-hydrogen) atoms. The summed E-state index contributed by atoms with van der Waals surface area (Å²) in [4.78, 5) is 14.9. The van der Waals surface area contributed by atoms with E-state index in [9.17, 15) is 4.79 Å². The van der Waals surface area contributed by atoms with Gasteiger partial charge in [-0.2, -0.15) is 0 Å². The Morgan fingerprint density at radius 3 is 2.22 bits per heavy atom. The van der Waals surface area contributed by atoms with Gasteiger partial charge in [-0.25, -0.2) is 0 Å². The fourth-order valence-corrected chi connectivity index (χ4v) is 2.97. The molecular formula is C21H28N2O4. The number of rotatable bonds is 9. The standard InChI is InChI=1S/C21H28N2O4/c1-6-23(17-10-8-7-9-15(17)2)12-11-22-21(24)16-13-19(26-4)20(27-5)14-18(16)25-3/h7-10,13-14H,6,11-12H2,1-5H3,(H,22,24). The Labute approximate surface area is 161 Å². The van der Waals surface area contributed by atoms with Crippen molar-refractivity contribution >= 4 is 11.6 Å². The zero-order valence-electron chi connectivity index (χ0n) is 16.7. The van der Waals surface area contributed by atoms with Crippen LogP contribution in [-0.2, 0) is 0 Å². The second kappa shape index (κ2) is 9.71. The third-order valence-corrected chi connectivity index (χ3v) is 4.46. The number of hydrogen-bond donors (Lipinski definition) is 1. The Bertz CT molecular complexity index is 777. The molecule has 0 aromatic heterocycles. The minimum atomic E-state index is -0.214. The molecule has 1 N–H and O–H groups in total. The average molecular weight is 372 g/mol. The second-order valence-electron chi connectivity index (χ2n) is 6.03. The molecule has 2 aromatic carbocycles. The Hall–Kier alpha value is -2.89. The first-order chi connectivity index (χ1) is 13.0. The number of hydrogen-bond acceptors (Lipinski definition) is 5. The van der Waals surface area contributed by atoms with Crippen LogP contribution >= 0.6 is 0 Å². The van der Waals surface area contributed by atoms with Crippen molar-refractivity contribution in [3.05, 3.63) is 47.5 Å². The highest BCUT2D eigenvalue weighted by molar-refractivity contribution is 5.97. The van der Waals surface area contributed by atoms with E-state index in [1.807, 2.05) is 12.1 Å². The van der Waals surface area contributed by atoms with E-state index in [0.717, 1.165) is 6.54 Å². The lowest BCUT2D eigenvalue weighted by Crippen LogP contribution is -2.35. The van der Waals surface area contributed by atoms with Crippen LogP contribution in [0.1, 0.15) is 22.8 Å². The third-order valence-electron chi connectivity index (χ3n) is 4.46. The van der Waals surface area contributed by atoms with E-state index in [0.29, 0.717) is 35.9 Å². The fourth-order valence-electron chi connectivity index (χ4n) is 2.97. The van der Waals surface area contributed by atoms with Gasteiger partial charge in [0.2, 0.25) is 0 Å². The van der Waals surface area contributed by atoms with Crippen LogP contribution in [0.15, 0.2) is 36.4 Å². The van der Waals surface area contributed by atoms with E-state index in [1.165, 1.54) is 25.5 Å². The van der Waals surface area contributed by atoms with Crippen LogP contribution in [0.3, 0.4) is 0 Å². The van der Waals surface area contributed by atoms with Gasteiger partial charge < -0.3 is 24.4 Å². The van der Waals surface area contributed by atoms with Gasteiger partial charge in [0.15, 0.2) is 11.5 Å². The van der Waals surface area contributed by atoms with E-state index in [4.69, 9.17) is 14.2 Å². The lowest BCUT2D eigenvalue weighted by molar-refractivity contribution is 0.0951. The molecule has 1 amide bonds. The van der Waals surface area contributed by atoms with Gasteiger partial charge in [-0.15, -0.1) is 0 Å². The van der Waals surface area contributed by atoms with E-state index >= 15 is 0 Å². The molecule has 0 unspecified atom stereocenters. The zero-order chi connectivity index (χ0) is 19.8. The van der Waals surface area contributed by atoms with Gasteiger partial charge in [-0.1, -0.05) is 18.2 Å². The van der Waals surface area contributed by atoms with Gasteiger partial charge in [0.25, 0.3) is 5.91 Å². The molecule has 0 aliphatic heterocycles. The summed E-state index contributed by atoms with van der Waals surface area (Å²) >= 11 is 0. The van der Waals surface area contributed by atoms with Crippen molar-refractivity contribution in [1.29, 1.82) is 0 Å². The minimum absolute atomic E-state index is 0.214. The maximum Gasteiger partial charge on any atom is 0.255 e. The van der Waals surface area contributed by atoms with Gasteiger partial charge in [0, 0.05) is 37.5 Å². The summed E-state index contributed by atoms with van der Waals surface area (Å²) in [5.41, 5.74) is 2.80. The molecule has 0 aliphatic carbocycles. The molecule has 0 heterocycles. The molecule has 6 nitrogen and oxygen atoms in total. The highest BCUT2D eigenvalue weighted by atomic mass is 16.5. The number of benzene rings is 2. The monoisotopic (exact) mass is 372 g/mol. The number of likely N-dealkylation sites (N-methyl/N-ethyl adjacent to an activating group) is 1. The maximum absolute atomic E-state index is 12.7.